The average molecular weight is 292 g/mol. The van der Waals surface area contributed by atoms with E-state index in [0.29, 0.717) is 12.6 Å². The van der Waals surface area contributed by atoms with Crippen molar-refractivity contribution < 1.29 is 9.50 Å². The van der Waals surface area contributed by atoms with Crippen molar-refractivity contribution in [3.05, 3.63) is 35.9 Å². The number of nitrogens with zero attached hydrogens (tertiary/aromatic N) is 1. The summed E-state index contributed by atoms with van der Waals surface area (Å²) in [6, 6.07) is 10.4. The summed E-state index contributed by atoms with van der Waals surface area (Å²) in [5.41, 5.74) is 5.71. The third kappa shape index (κ3) is 2.98. The number of halogens is 1. The van der Waals surface area contributed by atoms with Crippen molar-refractivity contribution in [2.24, 2.45) is 5.73 Å². The number of benzene rings is 1. The fourth-order valence-electron chi connectivity index (χ4n) is 3.83. The standard InChI is InChI=1S/C17H25FN2O/c18-12-16(19)10-11-20(13-16)15-6-8-17(21,9-7-15)14-4-2-1-3-5-14/h1-5,15,21H,6-13,19H2. The van der Waals surface area contributed by atoms with Gasteiger partial charge in [0.15, 0.2) is 0 Å². The quantitative estimate of drug-likeness (QED) is 0.898. The van der Waals surface area contributed by atoms with Crippen LogP contribution in [0.4, 0.5) is 4.39 Å². The Labute approximate surface area is 125 Å². The van der Waals surface area contributed by atoms with E-state index >= 15 is 0 Å². The van der Waals surface area contributed by atoms with Gasteiger partial charge in [0.25, 0.3) is 0 Å². The Bertz CT molecular complexity index is 473. The number of rotatable bonds is 3. The molecule has 0 aromatic heterocycles. The lowest BCUT2D eigenvalue weighted by Gasteiger charge is -2.40. The van der Waals surface area contributed by atoms with Crippen molar-refractivity contribution in [1.82, 2.24) is 4.90 Å². The van der Waals surface area contributed by atoms with E-state index in [1.807, 2.05) is 30.3 Å². The zero-order chi connectivity index (χ0) is 14.9. The zero-order valence-electron chi connectivity index (χ0n) is 12.5. The minimum Gasteiger partial charge on any atom is -0.385 e. The summed E-state index contributed by atoms with van der Waals surface area (Å²) in [7, 11) is 0. The monoisotopic (exact) mass is 292 g/mol. The average Bonchev–Trinajstić information content (AvgIpc) is 2.92. The van der Waals surface area contributed by atoms with Gasteiger partial charge in [0.1, 0.15) is 6.67 Å². The van der Waals surface area contributed by atoms with Crippen molar-refractivity contribution in [3.63, 3.8) is 0 Å². The molecular weight excluding hydrogens is 267 g/mol. The van der Waals surface area contributed by atoms with Crippen LogP contribution in [0.15, 0.2) is 30.3 Å². The second-order valence-corrected chi connectivity index (χ2v) is 6.85. The van der Waals surface area contributed by atoms with E-state index in [9.17, 15) is 9.50 Å². The van der Waals surface area contributed by atoms with Crippen molar-refractivity contribution in [3.8, 4) is 0 Å². The topological polar surface area (TPSA) is 49.5 Å². The summed E-state index contributed by atoms with van der Waals surface area (Å²) in [5.74, 6) is 0. The van der Waals surface area contributed by atoms with Crippen LogP contribution in [-0.4, -0.2) is 41.4 Å². The first-order chi connectivity index (χ1) is 10.0. The summed E-state index contributed by atoms with van der Waals surface area (Å²) in [5, 5.41) is 10.8. The highest BCUT2D eigenvalue weighted by Crippen LogP contribution is 2.39. The van der Waals surface area contributed by atoms with E-state index in [4.69, 9.17) is 5.73 Å². The van der Waals surface area contributed by atoms with E-state index in [1.165, 1.54) is 0 Å². The van der Waals surface area contributed by atoms with Gasteiger partial charge < -0.3 is 10.8 Å². The van der Waals surface area contributed by atoms with E-state index in [0.717, 1.165) is 44.2 Å². The molecule has 3 nitrogen and oxygen atoms in total. The SMILES string of the molecule is NC1(CF)CCN(C2CCC(O)(c3ccccc3)CC2)C1. The van der Waals surface area contributed by atoms with Gasteiger partial charge in [0, 0.05) is 19.1 Å². The van der Waals surface area contributed by atoms with E-state index < -0.39 is 17.8 Å². The van der Waals surface area contributed by atoms with Gasteiger partial charge in [0.2, 0.25) is 0 Å². The molecule has 1 heterocycles. The number of nitrogens with two attached hydrogens (primary N) is 1. The Balaban J connectivity index is 1.61. The van der Waals surface area contributed by atoms with Crippen molar-refractivity contribution in [1.29, 1.82) is 0 Å². The van der Waals surface area contributed by atoms with E-state index in [-0.39, 0.29) is 0 Å². The first kappa shape index (κ1) is 14.9. The molecule has 4 heteroatoms. The highest BCUT2D eigenvalue weighted by molar-refractivity contribution is 5.23. The molecule has 0 radical (unpaired) electrons. The van der Waals surface area contributed by atoms with Crippen LogP contribution in [0.25, 0.3) is 0 Å². The highest BCUT2D eigenvalue weighted by atomic mass is 19.1. The molecule has 1 aromatic carbocycles. The van der Waals surface area contributed by atoms with Crippen LogP contribution in [0, 0.1) is 0 Å². The maximum atomic E-state index is 13.0. The molecule has 0 amide bonds. The highest BCUT2D eigenvalue weighted by Gasteiger charge is 2.41. The van der Waals surface area contributed by atoms with Gasteiger partial charge in [-0.1, -0.05) is 30.3 Å². The smallest absolute Gasteiger partial charge is 0.109 e. The molecule has 2 fully saturated rings. The minimum absolute atomic E-state index is 0.436. The summed E-state index contributed by atoms with van der Waals surface area (Å²) in [6.07, 6.45) is 4.18. The minimum atomic E-state index is -0.697. The van der Waals surface area contributed by atoms with Crippen LogP contribution in [-0.2, 0) is 5.60 Å². The molecule has 1 aliphatic heterocycles. The van der Waals surface area contributed by atoms with Crippen LogP contribution in [0.1, 0.15) is 37.7 Å². The van der Waals surface area contributed by atoms with Crippen molar-refractivity contribution in [2.75, 3.05) is 19.8 Å². The molecule has 0 spiro atoms. The van der Waals surface area contributed by atoms with Crippen LogP contribution in [0.2, 0.25) is 0 Å². The first-order valence-electron chi connectivity index (χ1n) is 7.92. The second-order valence-electron chi connectivity index (χ2n) is 6.85. The fraction of sp³-hybridized carbons (Fsp3) is 0.647. The molecule has 1 aromatic rings. The van der Waals surface area contributed by atoms with Gasteiger partial charge in [-0.05, 0) is 37.7 Å². The molecule has 1 saturated carbocycles. The number of alkyl halides is 1. The normalized spacial score (nSPS) is 37.8. The Morgan fingerprint density at radius 1 is 1.19 bits per heavy atom. The van der Waals surface area contributed by atoms with Crippen LogP contribution < -0.4 is 5.73 Å². The summed E-state index contributed by atoms with van der Waals surface area (Å²) < 4.78 is 13.0. The van der Waals surface area contributed by atoms with Crippen molar-refractivity contribution >= 4 is 0 Å². The van der Waals surface area contributed by atoms with Crippen LogP contribution >= 0.6 is 0 Å². The molecule has 0 bridgehead atoms. The number of hydrogen-bond acceptors (Lipinski definition) is 3. The van der Waals surface area contributed by atoms with Gasteiger partial charge in [-0.3, -0.25) is 4.90 Å². The van der Waals surface area contributed by atoms with Gasteiger partial charge in [0.05, 0.1) is 11.1 Å². The molecule has 3 rings (SSSR count). The molecule has 1 atom stereocenters. The Morgan fingerprint density at radius 3 is 2.43 bits per heavy atom. The largest absolute Gasteiger partial charge is 0.385 e. The molecule has 1 aliphatic carbocycles. The van der Waals surface area contributed by atoms with Crippen molar-refractivity contribution in [2.45, 2.75) is 49.3 Å². The first-order valence-corrected chi connectivity index (χ1v) is 7.92. The fourth-order valence-corrected chi connectivity index (χ4v) is 3.83. The lowest BCUT2D eigenvalue weighted by Crippen LogP contribution is -2.48. The zero-order valence-corrected chi connectivity index (χ0v) is 12.5. The van der Waals surface area contributed by atoms with Gasteiger partial charge >= 0.3 is 0 Å². The van der Waals surface area contributed by atoms with E-state index in [1.54, 1.807) is 0 Å². The predicted molar refractivity (Wildman–Crippen MR) is 81.7 cm³/mol. The van der Waals surface area contributed by atoms with E-state index in [2.05, 4.69) is 4.90 Å². The van der Waals surface area contributed by atoms with Gasteiger partial charge in [-0.25, -0.2) is 4.39 Å². The summed E-state index contributed by atoms with van der Waals surface area (Å²) in [6.45, 7) is 1.09. The third-order valence-corrected chi connectivity index (χ3v) is 5.29. The maximum absolute atomic E-state index is 13.0. The maximum Gasteiger partial charge on any atom is 0.109 e. The third-order valence-electron chi connectivity index (χ3n) is 5.29. The Kier molecular flexibility index (Phi) is 4.04. The molecule has 116 valence electrons. The molecule has 21 heavy (non-hydrogen) atoms. The number of hydrogen-bond donors (Lipinski definition) is 2. The van der Waals surface area contributed by atoms with Crippen LogP contribution in [0.3, 0.4) is 0 Å². The summed E-state index contributed by atoms with van der Waals surface area (Å²) in [4.78, 5) is 2.32. The van der Waals surface area contributed by atoms with Gasteiger partial charge in [-0.2, -0.15) is 0 Å². The predicted octanol–water partition coefficient (Wildman–Crippen LogP) is 2.19. The Morgan fingerprint density at radius 2 is 1.86 bits per heavy atom. The molecule has 2 aliphatic rings. The van der Waals surface area contributed by atoms with Crippen LogP contribution in [0.5, 0.6) is 0 Å². The lowest BCUT2D eigenvalue weighted by atomic mass is 9.77. The Hall–Kier alpha value is -0.970. The molecule has 1 unspecified atom stereocenters. The van der Waals surface area contributed by atoms with Gasteiger partial charge in [-0.15, -0.1) is 0 Å². The second kappa shape index (κ2) is 5.67. The molecule has 3 N–H and O–H groups in total. The lowest BCUT2D eigenvalue weighted by molar-refractivity contribution is -0.0228. The summed E-state index contributed by atoms with van der Waals surface area (Å²) >= 11 is 0. The molecule has 1 saturated heterocycles. The number of aliphatic hydroxyl groups is 1. The molecular formula is C17H25FN2O. The number of likely N-dealkylation sites (tertiary alicyclic amines) is 1.